The smallest absolute Gasteiger partial charge is 0.0771 e. The van der Waals surface area contributed by atoms with Crippen LogP contribution in [-0.2, 0) is 23.3 Å². The first-order chi connectivity index (χ1) is 11.5. The summed E-state index contributed by atoms with van der Waals surface area (Å²) in [5, 5.41) is 5.39. The third kappa shape index (κ3) is 7.61. The molecule has 0 saturated carbocycles. The van der Waals surface area contributed by atoms with Gasteiger partial charge in [0.25, 0.3) is 0 Å². The first-order valence-corrected chi connectivity index (χ1v) is 14.5. The summed E-state index contributed by atoms with van der Waals surface area (Å²) in [6.45, 7) is 8.83. The van der Waals surface area contributed by atoms with E-state index >= 15 is 0 Å². The van der Waals surface area contributed by atoms with E-state index in [0.29, 0.717) is 0 Å². The van der Waals surface area contributed by atoms with Gasteiger partial charge in [0.1, 0.15) is 0 Å². The molecule has 4 rings (SSSR count). The zero-order valence-electron chi connectivity index (χ0n) is 15.8. The van der Waals surface area contributed by atoms with E-state index in [0.717, 1.165) is 6.42 Å². The van der Waals surface area contributed by atoms with Gasteiger partial charge in [-0.05, 0) is 0 Å². The van der Waals surface area contributed by atoms with Gasteiger partial charge in [0, 0.05) is 0 Å². The van der Waals surface area contributed by atoms with Gasteiger partial charge in [-0.1, -0.05) is 43.3 Å². The molecule has 3 aromatic carbocycles. The predicted octanol–water partition coefficient (Wildman–Crippen LogP) is 7.43. The quantitative estimate of drug-likeness (QED) is 0.232. The Kier molecular flexibility index (Phi) is 12.5. The van der Waals surface area contributed by atoms with E-state index < -0.39 is 0 Å². The Morgan fingerprint density at radius 2 is 1.31 bits per heavy atom. The van der Waals surface area contributed by atoms with Crippen molar-refractivity contribution in [3.63, 3.8) is 0 Å². The van der Waals surface area contributed by atoms with E-state index in [9.17, 15) is 0 Å². The molecule has 0 heterocycles. The molecule has 0 radical (unpaired) electrons. The van der Waals surface area contributed by atoms with Crippen molar-refractivity contribution in [3.05, 3.63) is 77.9 Å². The molecule has 0 atom stereocenters. The van der Waals surface area contributed by atoms with Crippen LogP contribution in [0.15, 0.2) is 71.8 Å². The van der Waals surface area contributed by atoms with E-state index in [-0.39, 0.29) is 30.2 Å². The van der Waals surface area contributed by atoms with Crippen LogP contribution in [0.25, 0.3) is 21.5 Å². The molecule has 0 bridgehead atoms. The van der Waals surface area contributed by atoms with Gasteiger partial charge in [-0.2, -0.15) is 6.08 Å². The Morgan fingerprint density at radius 3 is 1.62 bits per heavy atom. The number of rotatable bonds is 0. The van der Waals surface area contributed by atoms with Gasteiger partial charge >= 0.3 is 41.9 Å². The minimum atomic E-state index is 0. The van der Waals surface area contributed by atoms with E-state index in [1.54, 1.807) is 23.3 Å². The zero-order valence-corrected chi connectivity index (χ0v) is 20.9. The maximum absolute atomic E-state index is 3.19. The molecule has 0 fully saturated rings. The average Bonchev–Trinajstić information content (AvgIpc) is 3.11. The molecule has 0 saturated heterocycles. The van der Waals surface area contributed by atoms with Crippen LogP contribution in [0.5, 0.6) is 0 Å². The molecule has 0 aliphatic heterocycles. The molecule has 0 amide bonds. The van der Waals surface area contributed by atoms with Crippen LogP contribution in [0.4, 0.5) is 0 Å². The van der Waals surface area contributed by atoms with Gasteiger partial charge < -0.3 is 0 Å². The molecule has 4 heteroatoms. The van der Waals surface area contributed by atoms with Crippen molar-refractivity contribution < 1.29 is 23.3 Å². The number of hydrogen-bond donors (Lipinski definition) is 0. The van der Waals surface area contributed by atoms with E-state index in [1.165, 1.54) is 32.7 Å². The Balaban J connectivity index is 0.000000415. The fourth-order valence-electron chi connectivity index (χ4n) is 2.55. The molecule has 0 N–H and O–H groups in total. The first-order valence-electron chi connectivity index (χ1n) is 8.28. The van der Waals surface area contributed by atoms with Gasteiger partial charge in [-0.25, -0.2) is 11.1 Å². The Bertz CT molecular complexity index is 836. The standard InChI is InChI=1S/C13H9.C7H9.C2H6Si.2ClH.Zr/c1-3-7-12-10(5-1)9-11-6-2-4-8-13(11)12;1-6-4-3-5-7(6)2;1-3-2;;;/h1-9H;4H,3H2,1-2H3;1-2H3;2*1H;/q2*-1;;;;+2. The van der Waals surface area contributed by atoms with Crippen molar-refractivity contribution in [1.82, 2.24) is 0 Å². The van der Waals surface area contributed by atoms with Crippen LogP contribution in [0.3, 0.4) is 0 Å². The second-order valence-electron chi connectivity index (χ2n) is 6.21. The number of halogens is 2. The van der Waals surface area contributed by atoms with Gasteiger partial charge in [-0.3, -0.25) is 6.08 Å². The summed E-state index contributed by atoms with van der Waals surface area (Å²) in [7, 11) is 0. The summed E-state index contributed by atoms with van der Waals surface area (Å²) in [6.07, 6.45) is 6.41. The molecular weight excluding hydrogens is 454 g/mol. The van der Waals surface area contributed by atoms with Crippen LogP contribution < -0.4 is 0 Å². The summed E-state index contributed by atoms with van der Waals surface area (Å²) in [4.78, 5) is 0. The average molecular weight is 481 g/mol. The monoisotopic (exact) mass is 478 g/mol. The second-order valence-corrected chi connectivity index (χ2v) is 15.6. The Labute approximate surface area is 185 Å². The zero-order chi connectivity index (χ0) is 17.5. The number of benzene rings is 2. The van der Waals surface area contributed by atoms with E-state index in [1.807, 2.05) is 0 Å². The summed E-state index contributed by atoms with van der Waals surface area (Å²) >= 11 is 1.74. The van der Waals surface area contributed by atoms with E-state index in [2.05, 4.69) is 93.7 Å². The van der Waals surface area contributed by atoms with Crippen molar-refractivity contribution in [3.8, 4) is 0 Å². The van der Waals surface area contributed by atoms with Gasteiger partial charge in [0.15, 0.2) is 0 Å². The number of fused-ring (bicyclic) bond motifs is 3. The Hall–Kier alpha value is -0.530. The number of hydrogen-bond acceptors (Lipinski definition) is 0. The predicted molar refractivity (Wildman–Crippen MR) is 120 cm³/mol. The summed E-state index contributed by atoms with van der Waals surface area (Å²) in [5.74, 6) is 0. The fourth-order valence-corrected chi connectivity index (χ4v) is 2.55. The van der Waals surface area contributed by atoms with Crippen molar-refractivity contribution in [2.45, 2.75) is 33.4 Å². The summed E-state index contributed by atoms with van der Waals surface area (Å²) in [5.41, 5.74) is 2.92. The third-order valence-corrected chi connectivity index (χ3v) is 3.89. The van der Waals surface area contributed by atoms with Crippen molar-refractivity contribution in [1.29, 1.82) is 0 Å². The summed E-state index contributed by atoms with van der Waals surface area (Å²) in [6, 6.07) is 19.3. The fraction of sp³-hybridized carbons (Fsp3) is 0.227. The molecule has 1 aliphatic rings. The van der Waals surface area contributed by atoms with Gasteiger partial charge in [0.2, 0.25) is 0 Å². The Morgan fingerprint density at radius 1 is 0.885 bits per heavy atom. The minimum absolute atomic E-state index is 0. The van der Waals surface area contributed by atoms with Crippen molar-refractivity contribution in [2.75, 3.05) is 0 Å². The SMILES string of the molecule is CC1=[C-]CC=C1C.C[Si](C)=[Zr+2].Cl.Cl.c1ccc2c(c1)[cH-]c1ccccc12. The molecule has 3 aromatic rings. The van der Waals surface area contributed by atoms with E-state index in [4.69, 9.17) is 0 Å². The molecule has 0 unspecified atom stereocenters. The van der Waals surface area contributed by atoms with Gasteiger partial charge in [-0.15, -0.1) is 77.9 Å². The maximum atomic E-state index is 3.19. The topological polar surface area (TPSA) is 0 Å². The second kappa shape index (κ2) is 12.8. The summed E-state index contributed by atoms with van der Waals surface area (Å²) < 4.78 is 0. The normalized spacial score (nSPS) is 11.8. The van der Waals surface area contributed by atoms with Crippen LogP contribution in [0.1, 0.15) is 20.3 Å². The van der Waals surface area contributed by atoms with Crippen LogP contribution in [0.2, 0.25) is 13.1 Å². The first kappa shape index (κ1) is 25.5. The molecule has 136 valence electrons. The van der Waals surface area contributed by atoms with Crippen LogP contribution in [-0.4, -0.2) is 5.43 Å². The third-order valence-electron chi connectivity index (χ3n) is 3.89. The molecule has 0 aromatic heterocycles. The van der Waals surface area contributed by atoms with Gasteiger partial charge in [0.05, 0.1) is 0 Å². The van der Waals surface area contributed by atoms with Crippen molar-refractivity contribution >= 4 is 51.8 Å². The molecule has 0 spiro atoms. The van der Waals surface area contributed by atoms with Crippen molar-refractivity contribution in [2.24, 2.45) is 0 Å². The maximum Gasteiger partial charge on any atom is -0.0771 e. The largest absolute Gasteiger partial charge is 0.147 e. The molecule has 26 heavy (non-hydrogen) atoms. The molecular formula is C22H26Cl2SiZr. The molecule has 0 nitrogen and oxygen atoms in total. The van der Waals surface area contributed by atoms with Crippen LogP contribution in [0, 0.1) is 6.08 Å². The number of allylic oxidation sites excluding steroid dienone is 4. The molecule has 1 aliphatic carbocycles. The minimum Gasteiger partial charge on any atom is -0.147 e. The van der Waals surface area contributed by atoms with Crippen LogP contribution >= 0.6 is 24.8 Å².